The number of nitrogens with zero attached hydrogens (tertiary/aromatic N) is 3. The molecular weight excluding hydrogens is 586 g/mol. The molecule has 0 radical (unpaired) electrons. The van der Waals surface area contributed by atoms with Crippen LogP contribution in [0.3, 0.4) is 0 Å². The second kappa shape index (κ2) is 13.0. The molecule has 230 valence electrons. The molecule has 0 unspecified atom stereocenters. The van der Waals surface area contributed by atoms with Crippen LogP contribution in [0.1, 0.15) is 75.3 Å². The summed E-state index contributed by atoms with van der Waals surface area (Å²) >= 11 is 1.26. The summed E-state index contributed by atoms with van der Waals surface area (Å²) in [5, 5.41) is 2.78. The first-order valence-electron chi connectivity index (χ1n) is 15.0. The summed E-state index contributed by atoms with van der Waals surface area (Å²) in [7, 11) is 0. The van der Waals surface area contributed by atoms with E-state index in [1.165, 1.54) is 17.4 Å². The Bertz CT molecular complexity index is 1690. The van der Waals surface area contributed by atoms with E-state index in [0.29, 0.717) is 64.2 Å². The van der Waals surface area contributed by atoms with Crippen molar-refractivity contribution in [3.05, 3.63) is 81.3 Å². The number of pyridine rings is 1. The fraction of sp³-hybridized carbons (Fsp3) is 0.394. The molecule has 2 aliphatic rings. The summed E-state index contributed by atoms with van der Waals surface area (Å²) < 4.78 is 38.6. The van der Waals surface area contributed by atoms with Crippen molar-refractivity contribution in [3.63, 3.8) is 0 Å². The maximum atomic E-state index is 13.8. The third kappa shape index (κ3) is 6.16. The molecule has 0 atom stereocenters. The number of thiophene rings is 1. The van der Waals surface area contributed by atoms with Gasteiger partial charge in [-0.25, -0.2) is 13.8 Å². The number of carbonyl (C=O) groups excluding carboxylic acids is 2. The molecule has 0 saturated carbocycles. The van der Waals surface area contributed by atoms with Gasteiger partial charge in [-0.05, 0) is 74.8 Å². The van der Waals surface area contributed by atoms with E-state index in [2.05, 4.69) is 10.3 Å². The Morgan fingerprint density at radius 1 is 1.11 bits per heavy atom. The Balaban J connectivity index is 1.39. The van der Waals surface area contributed by atoms with Crippen LogP contribution in [0.25, 0.3) is 21.9 Å². The highest BCUT2D eigenvalue weighted by molar-refractivity contribution is 7.17. The Hall–Kier alpha value is -3.96. The molecule has 0 bridgehead atoms. The number of amides is 2. The summed E-state index contributed by atoms with van der Waals surface area (Å²) in [6.45, 7) is 6.46. The topological polar surface area (TPSA) is 97.6 Å². The number of oxazole rings is 1. The predicted molar refractivity (Wildman–Crippen MR) is 162 cm³/mol. The van der Waals surface area contributed by atoms with Crippen LogP contribution in [0, 0.1) is 24.5 Å². The highest BCUT2D eigenvalue weighted by Gasteiger charge is 2.36. The lowest BCUT2D eigenvalue weighted by molar-refractivity contribution is 0.0639. The van der Waals surface area contributed by atoms with Crippen molar-refractivity contribution in [1.82, 2.24) is 20.2 Å². The maximum Gasteiger partial charge on any atom is 0.261 e. The molecule has 3 aromatic heterocycles. The fourth-order valence-electron chi connectivity index (χ4n) is 5.91. The lowest BCUT2D eigenvalue weighted by Gasteiger charge is -2.22. The monoisotopic (exact) mass is 620 g/mol. The molecule has 11 heteroatoms. The lowest BCUT2D eigenvalue weighted by Crippen LogP contribution is -2.24. The lowest BCUT2D eigenvalue weighted by atomic mass is 9.90. The van der Waals surface area contributed by atoms with Crippen molar-refractivity contribution in [3.8, 4) is 21.9 Å². The SMILES string of the molecule is CCCN1Cc2nc(CCC3CCOCC3)c(-c3ncc(C)o3)c(-c3ccc(C(=O)NCc4ccc(F)c(F)c4)s3)c2C1=O. The van der Waals surface area contributed by atoms with Crippen molar-refractivity contribution in [2.45, 2.75) is 59.0 Å². The minimum atomic E-state index is -0.967. The number of rotatable bonds is 10. The number of aromatic nitrogens is 2. The number of aryl methyl sites for hydroxylation is 2. The summed E-state index contributed by atoms with van der Waals surface area (Å²) in [4.78, 5) is 39.6. The van der Waals surface area contributed by atoms with Gasteiger partial charge < -0.3 is 19.4 Å². The predicted octanol–water partition coefficient (Wildman–Crippen LogP) is 6.71. The highest BCUT2D eigenvalue weighted by atomic mass is 32.1. The molecule has 1 saturated heterocycles. The summed E-state index contributed by atoms with van der Waals surface area (Å²) in [5.74, 6) is -0.800. The van der Waals surface area contributed by atoms with Gasteiger partial charge in [0.05, 0.1) is 40.1 Å². The number of hydrogen-bond donors (Lipinski definition) is 1. The van der Waals surface area contributed by atoms with E-state index in [4.69, 9.17) is 14.1 Å². The smallest absolute Gasteiger partial charge is 0.261 e. The molecule has 8 nitrogen and oxygen atoms in total. The Morgan fingerprint density at radius 3 is 2.66 bits per heavy atom. The van der Waals surface area contributed by atoms with E-state index in [1.54, 1.807) is 12.3 Å². The normalized spacial score (nSPS) is 15.2. The van der Waals surface area contributed by atoms with Crippen molar-refractivity contribution in [2.75, 3.05) is 19.8 Å². The quantitative estimate of drug-likeness (QED) is 0.212. The van der Waals surface area contributed by atoms with Crippen LogP contribution in [0.4, 0.5) is 8.78 Å². The second-order valence-corrected chi connectivity index (χ2v) is 12.4. The first-order chi connectivity index (χ1) is 21.3. The minimum absolute atomic E-state index is 0.0373. The summed E-state index contributed by atoms with van der Waals surface area (Å²) in [6.07, 6.45) is 6.10. The van der Waals surface area contributed by atoms with Crippen LogP contribution in [-0.2, 0) is 24.2 Å². The third-order valence-corrected chi connectivity index (χ3v) is 9.26. The maximum absolute atomic E-state index is 13.8. The van der Waals surface area contributed by atoms with Gasteiger partial charge in [-0.15, -0.1) is 11.3 Å². The summed E-state index contributed by atoms with van der Waals surface area (Å²) in [6, 6.07) is 7.08. The number of ether oxygens (including phenoxy) is 1. The summed E-state index contributed by atoms with van der Waals surface area (Å²) in [5.41, 5.74) is 3.90. The van der Waals surface area contributed by atoms with E-state index >= 15 is 0 Å². The van der Waals surface area contributed by atoms with Gasteiger partial charge in [0.2, 0.25) is 5.89 Å². The highest BCUT2D eigenvalue weighted by Crippen LogP contribution is 2.44. The molecular formula is C33H34F2N4O4S. The van der Waals surface area contributed by atoms with Crippen molar-refractivity contribution in [1.29, 1.82) is 0 Å². The number of benzene rings is 1. The molecule has 1 fully saturated rings. The molecule has 44 heavy (non-hydrogen) atoms. The zero-order chi connectivity index (χ0) is 30.8. The Labute approximate surface area is 258 Å². The molecule has 4 aromatic rings. The van der Waals surface area contributed by atoms with Gasteiger partial charge in [-0.1, -0.05) is 13.0 Å². The van der Waals surface area contributed by atoms with E-state index in [9.17, 15) is 18.4 Å². The Morgan fingerprint density at radius 2 is 1.93 bits per heavy atom. The van der Waals surface area contributed by atoms with Crippen LogP contribution in [0.5, 0.6) is 0 Å². The van der Waals surface area contributed by atoms with Gasteiger partial charge in [-0.3, -0.25) is 14.6 Å². The molecule has 5 heterocycles. The Kier molecular flexibility index (Phi) is 8.86. The molecule has 0 aliphatic carbocycles. The van der Waals surface area contributed by atoms with Gasteiger partial charge >= 0.3 is 0 Å². The number of halogens is 2. The van der Waals surface area contributed by atoms with Gasteiger partial charge in [0.1, 0.15) is 5.76 Å². The average molecular weight is 621 g/mol. The number of carbonyl (C=O) groups is 2. The van der Waals surface area contributed by atoms with Crippen molar-refractivity contribution >= 4 is 23.2 Å². The zero-order valence-corrected chi connectivity index (χ0v) is 25.6. The fourth-order valence-corrected chi connectivity index (χ4v) is 6.89. The van der Waals surface area contributed by atoms with Crippen LogP contribution < -0.4 is 5.32 Å². The van der Waals surface area contributed by atoms with E-state index in [1.807, 2.05) is 24.8 Å². The van der Waals surface area contributed by atoms with Crippen molar-refractivity contribution in [2.24, 2.45) is 5.92 Å². The van der Waals surface area contributed by atoms with Gasteiger partial charge in [0, 0.05) is 36.7 Å². The number of nitrogens with one attached hydrogen (secondary N) is 1. The third-order valence-electron chi connectivity index (χ3n) is 8.16. The molecule has 6 rings (SSSR count). The van der Waals surface area contributed by atoms with Gasteiger partial charge in [0.25, 0.3) is 11.8 Å². The van der Waals surface area contributed by atoms with Crippen LogP contribution in [0.2, 0.25) is 0 Å². The van der Waals surface area contributed by atoms with Gasteiger partial charge in [-0.2, -0.15) is 0 Å². The zero-order valence-electron chi connectivity index (χ0n) is 24.8. The van der Waals surface area contributed by atoms with E-state index in [-0.39, 0.29) is 18.4 Å². The average Bonchev–Trinajstić information content (AvgIpc) is 3.76. The van der Waals surface area contributed by atoms with Crippen LogP contribution in [0.15, 0.2) is 40.9 Å². The molecule has 1 N–H and O–H groups in total. The van der Waals surface area contributed by atoms with E-state index in [0.717, 1.165) is 67.3 Å². The molecule has 2 amide bonds. The molecule has 2 aliphatic heterocycles. The van der Waals surface area contributed by atoms with Crippen LogP contribution >= 0.6 is 11.3 Å². The molecule has 1 aromatic carbocycles. The van der Waals surface area contributed by atoms with Gasteiger partial charge in [0.15, 0.2) is 11.6 Å². The first-order valence-corrected chi connectivity index (χ1v) is 15.8. The standard InChI is InChI=1S/C33H34F2N4O4S/c1-3-12-39-18-25-29(33(39)41)30(26-8-9-27(44-26)31(40)36-17-21-4-6-22(34)23(35)15-21)28(32-37-16-19(2)43-32)24(38-25)7-5-20-10-13-42-14-11-20/h4,6,8-9,15-16,20H,3,5,7,10-14,17-18H2,1-2H3,(H,36,40). The van der Waals surface area contributed by atoms with E-state index < -0.39 is 11.6 Å². The second-order valence-electron chi connectivity index (χ2n) is 11.3. The first kappa shape index (κ1) is 30.1. The largest absolute Gasteiger partial charge is 0.441 e. The molecule has 0 spiro atoms. The minimum Gasteiger partial charge on any atom is -0.441 e. The van der Waals surface area contributed by atoms with Crippen molar-refractivity contribution < 1.29 is 27.5 Å². The number of hydrogen-bond acceptors (Lipinski definition) is 7. The number of fused-ring (bicyclic) bond motifs is 1. The van der Waals surface area contributed by atoms with Crippen LogP contribution in [-0.4, -0.2) is 46.4 Å².